The van der Waals surface area contributed by atoms with Gasteiger partial charge in [0.05, 0.1) is 12.4 Å². The average Bonchev–Trinajstić information content (AvgIpc) is 2.57. The molecule has 0 saturated heterocycles. The third-order valence-electron chi connectivity index (χ3n) is 3.58. The lowest BCUT2D eigenvalue weighted by Gasteiger charge is -2.18. The van der Waals surface area contributed by atoms with Crippen LogP contribution in [0.15, 0.2) is 36.7 Å². The van der Waals surface area contributed by atoms with E-state index in [1.165, 1.54) is 11.8 Å². The number of anilines is 2. The highest BCUT2D eigenvalue weighted by Gasteiger charge is 2.10. The molecule has 1 N–H and O–H groups in total. The lowest BCUT2D eigenvalue weighted by atomic mass is 10.1. The number of carbonyl (C=O) groups is 1. The van der Waals surface area contributed by atoms with E-state index in [4.69, 9.17) is 0 Å². The van der Waals surface area contributed by atoms with Crippen LogP contribution in [-0.4, -0.2) is 29.0 Å². The predicted octanol–water partition coefficient (Wildman–Crippen LogP) is 3.14. The van der Waals surface area contributed by atoms with Gasteiger partial charge in [0.25, 0.3) is 5.91 Å². The van der Waals surface area contributed by atoms with Crippen LogP contribution in [0, 0.1) is 0 Å². The summed E-state index contributed by atoms with van der Waals surface area (Å²) in [6, 6.07) is 7.80. The zero-order valence-corrected chi connectivity index (χ0v) is 13.3. The van der Waals surface area contributed by atoms with Crippen LogP contribution >= 0.6 is 0 Å². The van der Waals surface area contributed by atoms with Crippen LogP contribution in [0.4, 0.5) is 11.5 Å². The van der Waals surface area contributed by atoms with Gasteiger partial charge in [-0.3, -0.25) is 4.79 Å². The van der Waals surface area contributed by atoms with E-state index in [2.05, 4.69) is 41.0 Å². The zero-order chi connectivity index (χ0) is 15.9. The number of nitrogens with zero attached hydrogens (tertiary/aromatic N) is 3. The summed E-state index contributed by atoms with van der Waals surface area (Å²) in [6.07, 6.45) is 4.14. The fourth-order valence-corrected chi connectivity index (χ4v) is 2.17. The minimum absolute atomic E-state index is 0.247. The van der Waals surface area contributed by atoms with Crippen molar-refractivity contribution in [2.45, 2.75) is 27.2 Å². The second kappa shape index (κ2) is 7.54. The lowest BCUT2D eigenvalue weighted by molar-refractivity contribution is 0.102. The maximum Gasteiger partial charge on any atom is 0.275 e. The molecule has 0 aliphatic rings. The standard InChI is InChI=1S/C17H22N4O/c1-4-13-7-9-14(10-8-13)20-17(22)15-11-19-16(12-18-15)21(5-2)6-3/h7-12H,4-6H2,1-3H3,(H,20,22). The van der Waals surface area contributed by atoms with Gasteiger partial charge < -0.3 is 10.2 Å². The Balaban J connectivity index is 2.05. The van der Waals surface area contributed by atoms with Crippen LogP contribution in [0.5, 0.6) is 0 Å². The molecule has 1 aromatic heterocycles. The smallest absolute Gasteiger partial charge is 0.275 e. The molecule has 0 fully saturated rings. The summed E-state index contributed by atoms with van der Waals surface area (Å²) in [6.45, 7) is 7.94. The Bertz CT molecular complexity index is 604. The van der Waals surface area contributed by atoms with E-state index in [1.54, 1.807) is 6.20 Å². The molecule has 1 amide bonds. The Labute approximate surface area is 131 Å². The molecule has 0 aliphatic carbocycles. The maximum atomic E-state index is 12.2. The number of aromatic nitrogens is 2. The van der Waals surface area contributed by atoms with Crippen LogP contribution in [0.25, 0.3) is 0 Å². The number of hydrogen-bond donors (Lipinski definition) is 1. The summed E-state index contributed by atoms with van der Waals surface area (Å²) in [7, 11) is 0. The number of aryl methyl sites for hydroxylation is 1. The third kappa shape index (κ3) is 3.81. The van der Waals surface area contributed by atoms with Crippen molar-refractivity contribution >= 4 is 17.4 Å². The van der Waals surface area contributed by atoms with Gasteiger partial charge in [-0.15, -0.1) is 0 Å². The number of hydrogen-bond acceptors (Lipinski definition) is 4. The van der Waals surface area contributed by atoms with E-state index in [9.17, 15) is 4.79 Å². The molecular weight excluding hydrogens is 276 g/mol. The highest BCUT2D eigenvalue weighted by molar-refractivity contribution is 6.02. The first kappa shape index (κ1) is 15.9. The van der Waals surface area contributed by atoms with E-state index in [-0.39, 0.29) is 5.91 Å². The second-order valence-electron chi connectivity index (χ2n) is 4.94. The maximum absolute atomic E-state index is 12.2. The minimum atomic E-state index is -0.247. The van der Waals surface area contributed by atoms with Crippen molar-refractivity contribution in [1.29, 1.82) is 0 Å². The fraction of sp³-hybridized carbons (Fsp3) is 0.353. The summed E-state index contributed by atoms with van der Waals surface area (Å²) >= 11 is 0. The molecule has 5 heteroatoms. The topological polar surface area (TPSA) is 58.1 Å². The van der Waals surface area contributed by atoms with Crippen molar-refractivity contribution in [2.75, 3.05) is 23.3 Å². The van der Waals surface area contributed by atoms with Crippen molar-refractivity contribution in [3.63, 3.8) is 0 Å². The van der Waals surface area contributed by atoms with E-state index in [0.29, 0.717) is 5.69 Å². The summed E-state index contributed by atoms with van der Waals surface area (Å²) in [5.41, 5.74) is 2.31. The van der Waals surface area contributed by atoms with E-state index in [1.807, 2.05) is 24.3 Å². The first-order valence-electron chi connectivity index (χ1n) is 7.65. The van der Waals surface area contributed by atoms with Gasteiger partial charge in [-0.1, -0.05) is 19.1 Å². The highest BCUT2D eigenvalue weighted by atomic mass is 16.1. The van der Waals surface area contributed by atoms with E-state index in [0.717, 1.165) is 31.0 Å². The quantitative estimate of drug-likeness (QED) is 0.890. The molecule has 0 unspecified atom stereocenters. The first-order valence-corrected chi connectivity index (χ1v) is 7.65. The molecule has 1 aromatic carbocycles. The summed E-state index contributed by atoms with van der Waals surface area (Å²) < 4.78 is 0. The number of benzene rings is 1. The van der Waals surface area contributed by atoms with Crippen molar-refractivity contribution in [3.05, 3.63) is 47.9 Å². The van der Waals surface area contributed by atoms with Crippen molar-refractivity contribution in [1.82, 2.24) is 9.97 Å². The molecule has 0 aliphatic heterocycles. The van der Waals surface area contributed by atoms with Gasteiger partial charge in [-0.05, 0) is 38.0 Å². The zero-order valence-electron chi connectivity index (χ0n) is 13.3. The molecule has 22 heavy (non-hydrogen) atoms. The van der Waals surface area contributed by atoms with Gasteiger partial charge in [0.2, 0.25) is 0 Å². The summed E-state index contributed by atoms with van der Waals surface area (Å²) in [5.74, 6) is 0.539. The normalized spacial score (nSPS) is 10.3. The molecule has 2 rings (SSSR count). The van der Waals surface area contributed by atoms with Crippen molar-refractivity contribution < 1.29 is 4.79 Å². The van der Waals surface area contributed by atoms with Gasteiger partial charge >= 0.3 is 0 Å². The Morgan fingerprint density at radius 2 is 1.73 bits per heavy atom. The van der Waals surface area contributed by atoms with E-state index < -0.39 is 0 Å². The molecule has 1 heterocycles. The molecule has 0 bridgehead atoms. The molecule has 0 atom stereocenters. The summed E-state index contributed by atoms with van der Waals surface area (Å²) in [5, 5.41) is 2.83. The third-order valence-corrected chi connectivity index (χ3v) is 3.58. The largest absolute Gasteiger partial charge is 0.356 e. The second-order valence-corrected chi connectivity index (χ2v) is 4.94. The molecule has 0 radical (unpaired) electrons. The number of nitrogens with one attached hydrogen (secondary N) is 1. The lowest BCUT2D eigenvalue weighted by Crippen LogP contribution is -2.23. The summed E-state index contributed by atoms with van der Waals surface area (Å²) in [4.78, 5) is 22.8. The minimum Gasteiger partial charge on any atom is -0.356 e. The van der Waals surface area contributed by atoms with Gasteiger partial charge in [-0.25, -0.2) is 9.97 Å². The van der Waals surface area contributed by atoms with Gasteiger partial charge in [0.15, 0.2) is 0 Å². The number of carbonyl (C=O) groups excluding carboxylic acids is 1. The van der Waals surface area contributed by atoms with Gasteiger partial charge in [0, 0.05) is 18.8 Å². The highest BCUT2D eigenvalue weighted by Crippen LogP contribution is 2.12. The van der Waals surface area contributed by atoms with Crippen molar-refractivity contribution in [3.8, 4) is 0 Å². The molecule has 116 valence electrons. The number of amides is 1. The van der Waals surface area contributed by atoms with Crippen LogP contribution in [0.3, 0.4) is 0 Å². The van der Waals surface area contributed by atoms with Gasteiger partial charge in [-0.2, -0.15) is 0 Å². The molecule has 5 nitrogen and oxygen atoms in total. The molecule has 0 spiro atoms. The van der Waals surface area contributed by atoms with Crippen LogP contribution < -0.4 is 10.2 Å². The monoisotopic (exact) mass is 298 g/mol. The Hall–Kier alpha value is -2.43. The SMILES string of the molecule is CCc1ccc(NC(=O)c2cnc(N(CC)CC)cn2)cc1. The van der Waals surface area contributed by atoms with Crippen LogP contribution in [0.2, 0.25) is 0 Å². The number of rotatable bonds is 6. The molecular formula is C17H22N4O. The van der Waals surface area contributed by atoms with Crippen LogP contribution in [-0.2, 0) is 6.42 Å². The first-order chi connectivity index (χ1) is 10.7. The Morgan fingerprint density at radius 1 is 1.05 bits per heavy atom. The Kier molecular flexibility index (Phi) is 5.47. The van der Waals surface area contributed by atoms with Gasteiger partial charge in [0.1, 0.15) is 11.5 Å². The van der Waals surface area contributed by atoms with E-state index >= 15 is 0 Å². The average molecular weight is 298 g/mol. The van der Waals surface area contributed by atoms with Crippen LogP contribution in [0.1, 0.15) is 36.8 Å². The fourth-order valence-electron chi connectivity index (χ4n) is 2.17. The van der Waals surface area contributed by atoms with Crippen molar-refractivity contribution in [2.24, 2.45) is 0 Å². The Morgan fingerprint density at radius 3 is 2.23 bits per heavy atom. The molecule has 0 saturated carbocycles. The predicted molar refractivity (Wildman–Crippen MR) is 89.4 cm³/mol. The molecule has 2 aromatic rings.